The van der Waals surface area contributed by atoms with Crippen LogP contribution in [0.15, 0.2) is 42.5 Å². The summed E-state index contributed by atoms with van der Waals surface area (Å²) >= 11 is 12.1. The molecular formula is C22H26Cl2N4O6S. The third-order valence-corrected chi connectivity index (χ3v) is 6.82. The molecule has 0 bridgehead atoms. The van der Waals surface area contributed by atoms with Crippen molar-refractivity contribution in [2.75, 3.05) is 17.1 Å². The van der Waals surface area contributed by atoms with E-state index in [2.05, 4.69) is 5.32 Å². The molecule has 1 N–H and O–H groups in total. The van der Waals surface area contributed by atoms with Gasteiger partial charge in [0.05, 0.1) is 26.9 Å². The summed E-state index contributed by atoms with van der Waals surface area (Å²) in [4.78, 5) is 37.9. The van der Waals surface area contributed by atoms with E-state index < -0.39 is 39.3 Å². The second kappa shape index (κ2) is 11.7. The van der Waals surface area contributed by atoms with E-state index in [0.29, 0.717) is 10.6 Å². The number of carbonyl (C=O) groups excluding carboxylic acids is 2. The first-order chi connectivity index (χ1) is 16.2. The summed E-state index contributed by atoms with van der Waals surface area (Å²) in [6, 6.07) is 8.51. The zero-order chi connectivity index (χ0) is 26.5. The minimum atomic E-state index is -4.02. The highest BCUT2D eigenvalue weighted by molar-refractivity contribution is 7.92. The van der Waals surface area contributed by atoms with Gasteiger partial charge in [0.2, 0.25) is 21.8 Å². The Morgan fingerprint density at radius 3 is 2.29 bits per heavy atom. The molecule has 1 atom stereocenters. The second-order valence-electron chi connectivity index (χ2n) is 8.16. The van der Waals surface area contributed by atoms with Gasteiger partial charge >= 0.3 is 0 Å². The molecule has 0 aliphatic carbocycles. The maximum absolute atomic E-state index is 13.4. The van der Waals surface area contributed by atoms with Gasteiger partial charge in [0.1, 0.15) is 12.6 Å². The van der Waals surface area contributed by atoms with Crippen LogP contribution >= 0.6 is 23.2 Å². The number of nitro groups is 1. The van der Waals surface area contributed by atoms with Crippen LogP contribution in [0.25, 0.3) is 0 Å². The lowest BCUT2D eigenvalue weighted by Gasteiger charge is -2.32. The van der Waals surface area contributed by atoms with E-state index in [1.54, 1.807) is 32.0 Å². The molecule has 10 nitrogen and oxygen atoms in total. The first kappa shape index (κ1) is 28.3. The van der Waals surface area contributed by atoms with Crippen LogP contribution in [0, 0.1) is 10.1 Å². The minimum Gasteiger partial charge on any atom is -0.352 e. The zero-order valence-corrected chi connectivity index (χ0v) is 21.9. The van der Waals surface area contributed by atoms with Crippen molar-refractivity contribution in [2.24, 2.45) is 0 Å². The van der Waals surface area contributed by atoms with E-state index in [1.165, 1.54) is 30.0 Å². The fourth-order valence-electron chi connectivity index (χ4n) is 3.20. The van der Waals surface area contributed by atoms with E-state index in [9.17, 15) is 28.1 Å². The number of non-ortho nitro benzene ring substituents is 1. The van der Waals surface area contributed by atoms with Crippen LogP contribution in [0.3, 0.4) is 0 Å². The third-order valence-electron chi connectivity index (χ3n) is 4.94. The summed E-state index contributed by atoms with van der Waals surface area (Å²) < 4.78 is 25.8. The molecule has 2 aromatic rings. The monoisotopic (exact) mass is 544 g/mol. The number of halogens is 2. The van der Waals surface area contributed by atoms with Crippen LogP contribution in [0.2, 0.25) is 10.0 Å². The Hall–Kier alpha value is -2.89. The number of hydrogen-bond donors (Lipinski definition) is 1. The van der Waals surface area contributed by atoms with Crippen molar-refractivity contribution >= 4 is 56.4 Å². The normalized spacial score (nSPS) is 12.2. The summed E-state index contributed by atoms with van der Waals surface area (Å²) in [5, 5.41) is 14.5. The maximum atomic E-state index is 13.4. The smallest absolute Gasteiger partial charge is 0.271 e. The molecule has 0 saturated carbocycles. The average Bonchev–Trinajstić information content (AvgIpc) is 2.76. The molecule has 13 heteroatoms. The van der Waals surface area contributed by atoms with Crippen LogP contribution in [0.1, 0.15) is 26.3 Å². The van der Waals surface area contributed by atoms with Gasteiger partial charge in [-0.25, -0.2) is 8.42 Å². The second-order valence-corrected chi connectivity index (χ2v) is 10.9. The maximum Gasteiger partial charge on any atom is 0.271 e. The number of anilines is 1. The minimum absolute atomic E-state index is 0.0520. The van der Waals surface area contributed by atoms with E-state index in [4.69, 9.17) is 23.2 Å². The van der Waals surface area contributed by atoms with Crippen LogP contribution in [0.4, 0.5) is 11.4 Å². The largest absolute Gasteiger partial charge is 0.352 e. The van der Waals surface area contributed by atoms with Gasteiger partial charge in [-0.3, -0.25) is 24.0 Å². The number of carbonyl (C=O) groups is 2. The lowest BCUT2D eigenvalue weighted by Crippen LogP contribution is -2.52. The quantitative estimate of drug-likeness (QED) is 0.359. The Bertz CT molecular complexity index is 1220. The summed E-state index contributed by atoms with van der Waals surface area (Å²) in [6.07, 6.45) is 0.886. The van der Waals surface area contributed by atoms with E-state index >= 15 is 0 Å². The van der Waals surface area contributed by atoms with Crippen molar-refractivity contribution < 1.29 is 22.9 Å². The van der Waals surface area contributed by atoms with Crippen molar-refractivity contribution in [2.45, 2.75) is 39.4 Å². The van der Waals surface area contributed by atoms with Gasteiger partial charge in [-0.15, -0.1) is 0 Å². The number of nitrogens with one attached hydrogen (secondary N) is 1. The number of amides is 2. The van der Waals surface area contributed by atoms with Gasteiger partial charge in [-0.2, -0.15) is 0 Å². The molecule has 0 unspecified atom stereocenters. The summed E-state index contributed by atoms with van der Waals surface area (Å²) in [5.74, 6) is -1.13. The van der Waals surface area contributed by atoms with Gasteiger partial charge in [0.15, 0.2) is 0 Å². The highest BCUT2D eigenvalue weighted by atomic mass is 35.5. The Morgan fingerprint density at radius 2 is 1.74 bits per heavy atom. The van der Waals surface area contributed by atoms with Crippen molar-refractivity contribution in [1.82, 2.24) is 10.2 Å². The molecule has 0 aliphatic rings. The molecule has 2 aromatic carbocycles. The van der Waals surface area contributed by atoms with Crippen molar-refractivity contribution in [3.63, 3.8) is 0 Å². The zero-order valence-electron chi connectivity index (χ0n) is 19.6. The fourth-order valence-corrected chi connectivity index (χ4v) is 4.36. The van der Waals surface area contributed by atoms with E-state index in [-0.39, 0.29) is 29.0 Å². The molecule has 2 rings (SSSR count). The Morgan fingerprint density at radius 1 is 1.09 bits per heavy atom. The van der Waals surface area contributed by atoms with Gasteiger partial charge in [0.25, 0.3) is 5.69 Å². The number of rotatable bonds is 10. The SMILES string of the molecule is CC(C)NC(=O)[C@@H](C)N(Cc1ccc(Cl)c(Cl)c1)C(=O)CN(c1cccc([N+](=O)[O-])c1)S(C)(=O)=O. The summed E-state index contributed by atoms with van der Waals surface area (Å²) in [5.41, 5.74) is 0.183. The highest BCUT2D eigenvalue weighted by Crippen LogP contribution is 2.25. The predicted octanol–water partition coefficient (Wildman–Crippen LogP) is 3.61. The molecule has 190 valence electrons. The van der Waals surface area contributed by atoms with Crippen LogP contribution in [-0.2, 0) is 26.2 Å². The highest BCUT2D eigenvalue weighted by Gasteiger charge is 2.30. The average molecular weight is 545 g/mol. The first-order valence-corrected chi connectivity index (χ1v) is 13.1. The summed E-state index contributed by atoms with van der Waals surface area (Å²) in [6.45, 7) is 4.31. The molecule has 35 heavy (non-hydrogen) atoms. The fraction of sp³-hybridized carbons (Fsp3) is 0.364. The molecule has 0 aromatic heterocycles. The van der Waals surface area contributed by atoms with Crippen molar-refractivity contribution in [3.05, 3.63) is 68.2 Å². The summed E-state index contributed by atoms with van der Waals surface area (Å²) in [7, 11) is -4.02. The van der Waals surface area contributed by atoms with Crippen LogP contribution in [0.5, 0.6) is 0 Å². The van der Waals surface area contributed by atoms with Gasteiger partial charge in [-0.1, -0.05) is 35.3 Å². The van der Waals surface area contributed by atoms with E-state index in [1.807, 2.05) is 0 Å². The van der Waals surface area contributed by atoms with Crippen LogP contribution < -0.4 is 9.62 Å². The lowest BCUT2D eigenvalue weighted by molar-refractivity contribution is -0.384. The molecule has 0 spiro atoms. The van der Waals surface area contributed by atoms with Gasteiger partial charge < -0.3 is 10.2 Å². The number of benzene rings is 2. The van der Waals surface area contributed by atoms with Gasteiger partial charge in [0, 0.05) is 24.7 Å². The molecule has 2 amide bonds. The molecule has 0 fully saturated rings. The predicted molar refractivity (Wildman–Crippen MR) is 135 cm³/mol. The first-order valence-electron chi connectivity index (χ1n) is 10.5. The standard InChI is InChI=1S/C22H26Cl2N4O6S/c1-14(2)25-22(30)15(3)26(12-16-8-9-19(23)20(24)10-16)21(29)13-27(35(4,33)34)17-6-5-7-18(11-17)28(31)32/h5-11,14-15H,12-13H2,1-4H3,(H,25,30)/t15-/m1/s1. The Kier molecular flexibility index (Phi) is 9.47. The number of hydrogen-bond acceptors (Lipinski definition) is 6. The Balaban J connectivity index is 2.45. The topological polar surface area (TPSA) is 130 Å². The number of nitrogens with zero attached hydrogens (tertiary/aromatic N) is 3. The molecule has 0 aliphatic heterocycles. The number of nitro benzene ring substituents is 1. The van der Waals surface area contributed by atoms with Crippen molar-refractivity contribution in [1.29, 1.82) is 0 Å². The molecular weight excluding hydrogens is 519 g/mol. The Labute approximate surface area is 214 Å². The van der Waals surface area contributed by atoms with Crippen LogP contribution in [-0.4, -0.2) is 54.9 Å². The lowest BCUT2D eigenvalue weighted by atomic mass is 10.1. The third kappa shape index (κ3) is 7.81. The van der Waals surface area contributed by atoms with Crippen molar-refractivity contribution in [3.8, 4) is 0 Å². The van der Waals surface area contributed by atoms with E-state index in [0.717, 1.165) is 16.6 Å². The number of sulfonamides is 1. The molecule has 0 radical (unpaired) electrons. The molecule has 0 saturated heterocycles. The molecule has 0 heterocycles. The van der Waals surface area contributed by atoms with Gasteiger partial charge in [-0.05, 0) is 44.5 Å².